The lowest BCUT2D eigenvalue weighted by Crippen LogP contribution is -2.58. The van der Waals surface area contributed by atoms with Crippen molar-refractivity contribution < 1.29 is 9.53 Å². The minimum atomic E-state index is -0.467. The third-order valence-electron chi connectivity index (χ3n) is 5.59. The van der Waals surface area contributed by atoms with Crippen LogP contribution < -0.4 is 5.32 Å². The highest BCUT2D eigenvalue weighted by molar-refractivity contribution is 5.82. The molecule has 2 aliphatic carbocycles. The van der Waals surface area contributed by atoms with Gasteiger partial charge in [-0.15, -0.1) is 0 Å². The zero-order valence-corrected chi connectivity index (χ0v) is 13.6. The van der Waals surface area contributed by atoms with Crippen molar-refractivity contribution in [1.82, 2.24) is 10.2 Å². The average molecular weight is 294 g/mol. The molecule has 0 amide bonds. The molecule has 2 unspecified atom stereocenters. The van der Waals surface area contributed by atoms with Crippen LogP contribution in [-0.4, -0.2) is 48.2 Å². The van der Waals surface area contributed by atoms with Crippen LogP contribution in [0, 0.1) is 0 Å². The summed E-state index contributed by atoms with van der Waals surface area (Å²) < 4.78 is 5.18. The van der Waals surface area contributed by atoms with Crippen LogP contribution in [0.4, 0.5) is 0 Å². The number of likely N-dealkylation sites (tertiary alicyclic amines) is 1. The molecule has 1 heterocycles. The summed E-state index contributed by atoms with van der Waals surface area (Å²) >= 11 is 0. The lowest BCUT2D eigenvalue weighted by Gasteiger charge is -2.32. The Hall–Kier alpha value is -0.610. The third kappa shape index (κ3) is 3.26. The molecule has 1 aliphatic heterocycles. The van der Waals surface area contributed by atoms with Crippen molar-refractivity contribution >= 4 is 5.97 Å². The predicted molar refractivity (Wildman–Crippen MR) is 83.2 cm³/mol. The monoisotopic (exact) mass is 294 g/mol. The summed E-state index contributed by atoms with van der Waals surface area (Å²) in [5.41, 5.74) is -0.467. The summed E-state index contributed by atoms with van der Waals surface area (Å²) in [6.45, 7) is 3.10. The average Bonchev–Trinajstić information content (AvgIpc) is 3.28. The van der Waals surface area contributed by atoms with E-state index in [9.17, 15) is 4.79 Å². The quantitative estimate of drug-likeness (QED) is 0.639. The Labute approximate surface area is 128 Å². The number of nitrogens with one attached hydrogen (secondary N) is 1. The molecule has 3 fully saturated rings. The second kappa shape index (κ2) is 6.25. The van der Waals surface area contributed by atoms with Crippen LogP contribution in [-0.2, 0) is 9.53 Å². The maximum atomic E-state index is 12.5. The molecule has 120 valence electrons. The van der Waals surface area contributed by atoms with Crippen molar-refractivity contribution in [2.75, 3.05) is 13.7 Å². The molecule has 0 radical (unpaired) electrons. The molecule has 0 aromatic heterocycles. The highest BCUT2D eigenvalue weighted by Crippen LogP contribution is 2.38. The lowest BCUT2D eigenvalue weighted by molar-refractivity contribution is -0.148. The molecule has 0 aromatic carbocycles. The van der Waals surface area contributed by atoms with Crippen LogP contribution in [0.5, 0.6) is 0 Å². The van der Waals surface area contributed by atoms with Crippen molar-refractivity contribution in [2.45, 2.75) is 88.4 Å². The van der Waals surface area contributed by atoms with Gasteiger partial charge in [-0.2, -0.15) is 0 Å². The topological polar surface area (TPSA) is 41.6 Å². The first-order valence-electron chi connectivity index (χ1n) is 8.76. The van der Waals surface area contributed by atoms with E-state index in [-0.39, 0.29) is 5.97 Å². The number of hydrogen-bond acceptors (Lipinski definition) is 4. The van der Waals surface area contributed by atoms with E-state index in [1.165, 1.54) is 58.5 Å². The van der Waals surface area contributed by atoms with E-state index in [1.807, 2.05) is 0 Å². The van der Waals surface area contributed by atoms with E-state index in [0.717, 1.165) is 13.0 Å². The maximum absolute atomic E-state index is 12.5. The highest BCUT2D eigenvalue weighted by atomic mass is 16.5. The van der Waals surface area contributed by atoms with Gasteiger partial charge in [-0.05, 0) is 39.0 Å². The molecular weight excluding hydrogens is 264 g/mol. The second-order valence-electron chi connectivity index (χ2n) is 7.36. The van der Waals surface area contributed by atoms with Gasteiger partial charge in [-0.3, -0.25) is 15.0 Å². The zero-order chi connectivity index (χ0) is 14.9. The Morgan fingerprint density at radius 2 is 1.81 bits per heavy atom. The van der Waals surface area contributed by atoms with Crippen molar-refractivity contribution in [3.63, 3.8) is 0 Å². The number of carbonyl (C=O) groups excluding carboxylic acids is 1. The summed E-state index contributed by atoms with van der Waals surface area (Å²) in [5, 5.41) is 3.75. The Morgan fingerprint density at radius 3 is 2.38 bits per heavy atom. The maximum Gasteiger partial charge on any atom is 0.327 e. The van der Waals surface area contributed by atoms with E-state index >= 15 is 0 Å². The lowest BCUT2D eigenvalue weighted by atomic mass is 9.93. The first kappa shape index (κ1) is 15.3. The molecule has 3 aliphatic rings. The van der Waals surface area contributed by atoms with E-state index in [0.29, 0.717) is 18.1 Å². The van der Waals surface area contributed by atoms with E-state index in [2.05, 4.69) is 17.1 Å². The molecular formula is C17H30N2O2. The first-order chi connectivity index (χ1) is 10.1. The fourth-order valence-corrected chi connectivity index (χ4v) is 4.37. The van der Waals surface area contributed by atoms with E-state index < -0.39 is 5.54 Å². The molecule has 0 aromatic rings. The van der Waals surface area contributed by atoms with E-state index in [4.69, 9.17) is 4.74 Å². The predicted octanol–water partition coefficient (Wildman–Crippen LogP) is 2.47. The molecule has 2 atom stereocenters. The molecule has 4 nitrogen and oxygen atoms in total. The standard InChI is InChI=1S/C17H30N2O2/c1-13-11-17(16(20)21-2,12-19(13)15-9-10-15)18-14-7-5-3-4-6-8-14/h13-15,18H,3-12H2,1-2H3. The Bertz CT molecular complexity index is 375. The van der Waals surface area contributed by atoms with Gasteiger partial charge in [0.15, 0.2) is 0 Å². The first-order valence-corrected chi connectivity index (χ1v) is 8.76. The largest absolute Gasteiger partial charge is 0.468 e. The summed E-state index contributed by atoms with van der Waals surface area (Å²) in [7, 11) is 1.53. The normalized spacial score (nSPS) is 35.6. The number of nitrogens with zero attached hydrogens (tertiary/aromatic N) is 1. The van der Waals surface area contributed by atoms with Gasteiger partial charge >= 0.3 is 5.97 Å². The van der Waals surface area contributed by atoms with Gasteiger partial charge in [0.25, 0.3) is 0 Å². The number of hydrogen-bond donors (Lipinski definition) is 1. The molecule has 1 saturated heterocycles. The number of ether oxygens (including phenoxy) is 1. The number of methoxy groups -OCH3 is 1. The Morgan fingerprint density at radius 1 is 1.14 bits per heavy atom. The summed E-state index contributed by atoms with van der Waals surface area (Å²) in [6.07, 6.45) is 11.2. The van der Waals surface area contributed by atoms with Gasteiger partial charge in [0.1, 0.15) is 5.54 Å². The van der Waals surface area contributed by atoms with Gasteiger partial charge in [0, 0.05) is 24.7 Å². The molecule has 2 saturated carbocycles. The summed E-state index contributed by atoms with van der Waals surface area (Å²) in [4.78, 5) is 15.0. The minimum absolute atomic E-state index is 0.0539. The number of rotatable bonds is 4. The Balaban J connectivity index is 1.72. The van der Waals surface area contributed by atoms with Crippen LogP contribution in [0.1, 0.15) is 64.7 Å². The van der Waals surface area contributed by atoms with Gasteiger partial charge in [-0.25, -0.2) is 0 Å². The molecule has 0 bridgehead atoms. The number of esters is 1. The zero-order valence-electron chi connectivity index (χ0n) is 13.6. The molecule has 1 N–H and O–H groups in total. The summed E-state index contributed by atoms with van der Waals surface area (Å²) in [6, 6.07) is 1.68. The highest BCUT2D eigenvalue weighted by Gasteiger charge is 2.52. The van der Waals surface area contributed by atoms with Crippen LogP contribution in [0.3, 0.4) is 0 Å². The third-order valence-corrected chi connectivity index (χ3v) is 5.59. The van der Waals surface area contributed by atoms with Gasteiger partial charge < -0.3 is 4.74 Å². The number of carbonyl (C=O) groups is 1. The van der Waals surface area contributed by atoms with Gasteiger partial charge in [-0.1, -0.05) is 25.7 Å². The van der Waals surface area contributed by atoms with E-state index in [1.54, 1.807) is 0 Å². The molecule has 4 heteroatoms. The van der Waals surface area contributed by atoms with Crippen LogP contribution in [0.2, 0.25) is 0 Å². The molecule has 3 rings (SSSR count). The van der Waals surface area contributed by atoms with Crippen molar-refractivity contribution in [3.8, 4) is 0 Å². The molecule has 0 spiro atoms. The van der Waals surface area contributed by atoms with Crippen LogP contribution in [0.15, 0.2) is 0 Å². The SMILES string of the molecule is COC(=O)C1(NC2CCCCCC2)CC(C)N(C2CC2)C1. The summed E-state index contributed by atoms with van der Waals surface area (Å²) in [5.74, 6) is -0.0539. The Kier molecular flexibility index (Phi) is 4.55. The van der Waals surface area contributed by atoms with Crippen molar-refractivity contribution in [2.24, 2.45) is 0 Å². The fraction of sp³-hybridized carbons (Fsp3) is 0.941. The van der Waals surface area contributed by atoms with Crippen molar-refractivity contribution in [3.05, 3.63) is 0 Å². The second-order valence-corrected chi connectivity index (χ2v) is 7.36. The smallest absolute Gasteiger partial charge is 0.327 e. The van der Waals surface area contributed by atoms with Crippen LogP contribution in [0.25, 0.3) is 0 Å². The fourth-order valence-electron chi connectivity index (χ4n) is 4.37. The van der Waals surface area contributed by atoms with Crippen molar-refractivity contribution in [1.29, 1.82) is 0 Å². The van der Waals surface area contributed by atoms with Gasteiger partial charge in [0.05, 0.1) is 7.11 Å². The molecule has 21 heavy (non-hydrogen) atoms. The minimum Gasteiger partial charge on any atom is -0.468 e. The van der Waals surface area contributed by atoms with Crippen LogP contribution >= 0.6 is 0 Å². The van der Waals surface area contributed by atoms with Gasteiger partial charge in [0.2, 0.25) is 0 Å².